The Morgan fingerprint density at radius 1 is 1.15 bits per heavy atom. The van der Waals surface area contributed by atoms with Crippen molar-refractivity contribution < 1.29 is 44.7 Å². The summed E-state index contributed by atoms with van der Waals surface area (Å²) in [7, 11) is 2.89. The van der Waals surface area contributed by atoms with E-state index in [0.29, 0.717) is 18.0 Å². The van der Waals surface area contributed by atoms with Gasteiger partial charge in [0.05, 0.1) is 35.9 Å². The number of hydrogen-bond donors (Lipinski definition) is 8. The SMILES string of the molecule is CC1c2ccc(NC(=O)CNCC3CC3)c(O)c2C(O)=C2C(=O)C3(O)C(O)=C(C(N)=O)C(=O)[C@@H](N(C)C)C3C(O)C21. The second-order valence-corrected chi connectivity index (χ2v) is 11.6. The molecular formula is C28H34N4O9. The molecule has 0 aromatic heterocycles. The van der Waals surface area contributed by atoms with Crippen LogP contribution in [-0.4, -0.2) is 98.7 Å². The monoisotopic (exact) mass is 570 g/mol. The predicted octanol–water partition coefficient (Wildman–Crippen LogP) is -0.566. The number of ketones is 2. The number of nitrogens with two attached hydrogens (primary N) is 1. The van der Waals surface area contributed by atoms with Crippen molar-refractivity contribution in [1.29, 1.82) is 0 Å². The number of nitrogens with one attached hydrogen (secondary N) is 2. The zero-order valence-electron chi connectivity index (χ0n) is 22.8. The third kappa shape index (κ3) is 4.22. The van der Waals surface area contributed by atoms with E-state index in [1.54, 1.807) is 6.92 Å². The zero-order valence-corrected chi connectivity index (χ0v) is 22.8. The van der Waals surface area contributed by atoms with Crippen LogP contribution in [-0.2, 0) is 19.2 Å². The smallest absolute Gasteiger partial charge is 0.255 e. The number of aliphatic hydroxyl groups is 4. The Hall–Kier alpha value is -3.78. The van der Waals surface area contributed by atoms with E-state index in [1.807, 2.05) is 0 Å². The van der Waals surface area contributed by atoms with Crippen LogP contribution in [0.1, 0.15) is 36.8 Å². The summed E-state index contributed by atoms with van der Waals surface area (Å²) in [5.74, 6) is -9.61. The molecule has 5 unspecified atom stereocenters. The van der Waals surface area contributed by atoms with Crippen molar-refractivity contribution >= 4 is 34.8 Å². The van der Waals surface area contributed by atoms with E-state index in [0.717, 1.165) is 12.8 Å². The van der Waals surface area contributed by atoms with Crippen LogP contribution in [0.15, 0.2) is 29.0 Å². The molecule has 2 amide bonds. The van der Waals surface area contributed by atoms with Crippen LogP contribution in [0.25, 0.3) is 5.76 Å². The predicted molar refractivity (Wildman–Crippen MR) is 145 cm³/mol. The van der Waals surface area contributed by atoms with E-state index in [9.17, 15) is 44.7 Å². The second kappa shape index (κ2) is 9.94. The molecule has 4 aliphatic rings. The van der Waals surface area contributed by atoms with Gasteiger partial charge in [-0.3, -0.25) is 24.1 Å². The lowest BCUT2D eigenvalue weighted by Crippen LogP contribution is -2.70. The molecule has 1 aromatic rings. The number of phenols is 1. The minimum atomic E-state index is -2.99. The molecule has 1 aromatic carbocycles. The van der Waals surface area contributed by atoms with Crippen LogP contribution in [0.5, 0.6) is 5.75 Å². The van der Waals surface area contributed by atoms with Gasteiger partial charge in [-0.1, -0.05) is 13.0 Å². The normalized spacial score (nSPS) is 31.1. The first kappa shape index (κ1) is 28.7. The molecule has 0 radical (unpaired) electrons. The van der Waals surface area contributed by atoms with Crippen molar-refractivity contribution in [3.05, 3.63) is 40.2 Å². The quantitative estimate of drug-likeness (QED) is 0.153. The Morgan fingerprint density at radius 3 is 2.39 bits per heavy atom. The number of nitrogens with zero attached hydrogens (tertiary/aromatic N) is 1. The van der Waals surface area contributed by atoms with Crippen LogP contribution in [0.4, 0.5) is 5.69 Å². The first-order valence-corrected chi connectivity index (χ1v) is 13.4. The minimum absolute atomic E-state index is 0.00274. The number of aliphatic hydroxyl groups excluding tert-OH is 3. The van der Waals surface area contributed by atoms with E-state index in [2.05, 4.69) is 10.6 Å². The molecular weight excluding hydrogens is 536 g/mol. The summed E-state index contributed by atoms with van der Waals surface area (Å²) >= 11 is 0. The molecule has 4 aliphatic carbocycles. The lowest BCUT2D eigenvalue weighted by molar-refractivity contribution is -0.169. The van der Waals surface area contributed by atoms with E-state index < -0.39 is 87.3 Å². The fourth-order valence-corrected chi connectivity index (χ4v) is 6.62. The molecule has 0 spiro atoms. The summed E-state index contributed by atoms with van der Waals surface area (Å²) in [6, 6.07) is 1.56. The third-order valence-corrected chi connectivity index (χ3v) is 8.82. The summed E-state index contributed by atoms with van der Waals surface area (Å²) in [5.41, 5.74) is 0.985. The van der Waals surface area contributed by atoms with Gasteiger partial charge in [0, 0.05) is 11.5 Å². The van der Waals surface area contributed by atoms with E-state index >= 15 is 0 Å². The van der Waals surface area contributed by atoms with Gasteiger partial charge in [-0.15, -0.1) is 0 Å². The number of carbonyl (C=O) groups excluding carboxylic acids is 4. The summed E-state index contributed by atoms with van der Waals surface area (Å²) in [5, 5.41) is 62.4. The number of rotatable bonds is 7. The van der Waals surface area contributed by atoms with Gasteiger partial charge in [0.15, 0.2) is 11.4 Å². The molecule has 0 saturated heterocycles. The highest BCUT2D eigenvalue weighted by Gasteiger charge is 2.68. The largest absolute Gasteiger partial charge is 0.508 e. The highest BCUT2D eigenvalue weighted by atomic mass is 16.4. The Labute approximate surface area is 235 Å². The van der Waals surface area contributed by atoms with Crippen LogP contribution < -0.4 is 16.4 Å². The van der Waals surface area contributed by atoms with E-state index in [4.69, 9.17) is 5.73 Å². The number of Topliss-reactive ketones (excluding diaryl/α,β-unsaturated/α-hetero) is 2. The topological polar surface area (TPSA) is 223 Å². The van der Waals surface area contributed by atoms with Gasteiger partial charge < -0.3 is 41.9 Å². The first-order chi connectivity index (χ1) is 19.2. The van der Waals surface area contributed by atoms with Gasteiger partial charge in [0.25, 0.3) is 5.91 Å². The zero-order chi connectivity index (χ0) is 30.1. The van der Waals surface area contributed by atoms with Crippen LogP contribution >= 0.6 is 0 Å². The Morgan fingerprint density at radius 2 is 1.80 bits per heavy atom. The number of fused-ring (bicyclic) bond motifs is 3. The molecule has 0 bridgehead atoms. The standard InChI is InChI=1S/C28H34N4O9/c1-10-12-6-7-13(31-14(33)9-30-8-11-4-5-11)21(34)16(12)22(35)17-15(10)23(36)19-20(32(2)3)24(37)18(27(29)40)26(39)28(19,41)25(17)38/h6-7,10-11,15,19-20,23,30,34-36,39,41H,4-5,8-9H2,1-3H3,(H2,29,40)(H,31,33)/t10?,15?,19?,20-,23?,28?/m0/s1. The van der Waals surface area contributed by atoms with Crippen molar-refractivity contribution in [2.75, 3.05) is 32.5 Å². The van der Waals surface area contributed by atoms with E-state index in [1.165, 1.54) is 31.1 Å². The van der Waals surface area contributed by atoms with Crippen LogP contribution in [0, 0.1) is 17.8 Å². The highest BCUT2D eigenvalue weighted by molar-refractivity contribution is 6.24. The van der Waals surface area contributed by atoms with Gasteiger partial charge >= 0.3 is 0 Å². The van der Waals surface area contributed by atoms with Crippen molar-refractivity contribution in [3.63, 3.8) is 0 Å². The molecule has 2 fully saturated rings. The maximum atomic E-state index is 14.0. The molecule has 5 rings (SSSR count). The Balaban J connectivity index is 1.60. The number of primary amides is 1. The molecule has 220 valence electrons. The summed E-state index contributed by atoms with van der Waals surface area (Å²) in [4.78, 5) is 53.1. The van der Waals surface area contributed by atoms with Gasteiger partial charge in [-0.2, -0.15) is 0 Å². The highest BCUT2D eigenvalue weighted by Crippen LogP contribution is 2.56. The lowest BCUT2D eigenvalue weighted by atomic mass is 9.54. The second-order valence-electron chi connectivity index (χ2n) is 11.6. The van der Waals surface area contributed by atoms with Crippen LogP contribution in [0.2, 0.25) is 0 Å². The number of anilines is 1. The third-order valence-electron chi connectivity index (χ3n) is 8.82. The summed E-state index contributed by atoms with van der Waals surface area (Å²) < 4.78 is 0. The number of aromatic hydroxyl groups is 1. The summed E-state index contributed by atoms with van der Waals surface area (Å²) in [6.45, 7) is 2.33. The Bertz CT molecular complexity index is 1430. The van der Waals surface area contributed by atoms with Crippen molar-refractivity contribution in [3.8, 4) is 5.75 Å². The lowest BCUT2D eigenvalue weighted by Gasteiger charge is -2.53. The fraction of sp³-hybridized carbons (Fsp3) is 0.500. The molecule has 13 nitrogen and oxygen atoms in total. The molecule has 0 heterocycles. The molecule has 0 aliphatic heterocycles. The van der Waals surface area contributed by atoms with Crippen molar-refractivity contribution in [2.45, 2.75) is 43.4 Å². The van der Waals surface area contributed by atoms with Gasteiger partial charge in [-0.05, 0) is 56.9 Å². The van der Waals surface area contributed by atoms with Crippen LogP contribution in [0.3, 0.4) is 0 Å². The fourth-order valence-electron chi connectivity index (χ4n) is 6.62. The van der Waals surface area contributed by atoms with Gasteiger partial charge in [0.1, 0.15) is 22.8 Å². The van der Waals surface area contributed by atoms with Crippen molar-refractivity contribution in [1.82, 2.24) is 10.2 Å². The molecule has 41 heavy (non-hydrogen) atoms. The number of phenolic OH excluding ortho intramolecular Hbond substituents is 1. The maximum absolute atomic E-state index is 14.0. The average Bonchev–Trinajstić information content (AvgIpc) is 3.71. The number of benzene rings is 1. The molecule has 13 heteroatoms. The summed E-state index contributed by atoms with van der Waals surface area (Å²) in [6.07, 6.45) is 0.547. The number of likely N-dealkylation sites (N-methyl/N-ethyl adjacent to an activating group) is 1. The van der Waals surface area contributed by atoms with Gasteiger partial charge in [-0.25, -0.2) is 0 Å². The maximum Gasteiger partial charge on any atom is 0.255 e. The first-order valence-electron chi connectivity index (χ1n) is 13.4. The molecule has 9 N–H and O–H groups in total. The van der Waals surface area contributed by atoms with Crippen molar-refractivity contribution in [2.24, 2.45) is 23.5 Å². The molecule has 6 atom stereocenters. The molecule has 2 saturated carbocycles. The minimum Gasteiger partial charge on any atom is -0.508 e. The number of hydrogen-bond acceptors (Lipinski definition) is 11. The number of amides is 2. The van der Waals surface area contributed by atoms with Gasteiger partial charge in [0.2, 0.25) is 11.7 Å². The Kier molecular flexibility index (Phi) is 6.97. The van der Waals surface area contributed by atoms with E-state index in [-0.39, 0.29) is 17.8 Å². The average molecular weight is 571 g/mol. The number of carbonyl (C=O) groups is 4.